The van der Waals surface area contributed by atoms with Gasteiger partial charge in [0.2, 0.25) is 0 Å². The summed E-state index contributed by atoms with van der Waals surface area (Å²) in [5, 5.41) is 1.80. The SMILES string of the molecule is [C-]#[N+]/C(C)=C\c1cnc(-c2ccc(-c3ncc(-c4ccc5c(c4)C4CCCC4N5c4ccc(OCCCCCCCC)cc4)s3)c3nsnc23)s1. The minimum atomic E-state index is 0.493. The van der Waals surface area contributed by atoms with Crippen LogP contribution in [0.5, 0.6) is 5.75 Å². The number of thiazole rings is 2. The minimum absolute atomic E-state index is 0.493. The van der Waals surface area contributed by atoms with Crippen LogP contribution in [-0.4, -0.2) is 31.4 Å². The first-order valence-electron chi connectivity index (χ1n) is 18.0. The second-order valence-corrected chi connectivity index (χ2v) is 16.1. The van der Waals surface area contributed by atoms with E-state index in [1.807, 2.05) is 25.4 Å². The molecule has 0 amide bonds. The molecular weight excluding hydrogens is 689 g/mol. The van der Waals surface area contributed by atoms with Crippen LogP contribution in [0.15, 0.2) is 72.7 Å². The van der Waals surface area contributed by atoms with Gasteiger partial charge in [-0.2, -0.15) is 8.75 Å². The van der Waals surface area contributed by atoms with E-state index in [0.29, 0.717) is 17.7 Å². The van der Waals surface area contributed by atoms with E-state index in [-0.39, 0.29) is 0 Å². The van der Waals surface area contributed by atoms with E-state index in [9.17, 15) is 0 Å². The molecule has 0 saturated heterocycles. The Balaban J connectivity index is 1.01. The maximum Gasteiger partial charge on any atom is 0.164 e. The Bertz CT molecular complexity index is 2230. The van der Waals surface area contributed by atoms with Crippen molar-refractivity contribution >= 4 is 62.9 Å². The van der Waals surface area contributed by atoms with Gasteiger partial charge < -0.3 is 9.64 Å². The van der Waals surface area contributed by atoms with Crippen LogP contribution < -0.4 is 9.64 Å². The van der Waals surface area contributed by atoms with E-state index >= 15 is 0 Å². The first-order chi connectivity index (χ1) is 25.1. The van der Waals surface area contributed by atoms with Gasteiger partial charge in [-0.3, -0.25) is 0 Å². The number of unbranched alkanes of at least 4 members (excludes halogenated alkanes) is 5. The van der Waals surface area contributed by atoms with Crippen molar-refractivity contribution in [2.24, 2.45) is 0 Å². The van der Waals surface area contributed by atoms with Crippen LogP contribution in [0.2, 0.25) is 0 Å². The Kier molecular flexibility index (Phi) is 9.94. The number of anilines is 2. The van der Waals surface area contributed by atoms with Crippen molar-refractivity contribution < 1.29 is 4.74 Å². The number of nitrogens with zero attached hydrogens (tertiary/aromatic N) is 6. The quantitative estimate of drug-likeness (QED) is 0.0871. The van der Waals surface area contributed by atoms with Gasteiger partial charge in [0, 0.05) is 51.7 Å². The van der Waals surface area contributed by atoms with E-state index in [2.05, 4.69) is 80.6 Å². The molecule has 2 atom stereocenters. The molecule has 1 aliphatic carbocycles. The fourth-order valence-electron chi connectivity index (χ4n) is 7.58. The molecule has 1 saturated carbocycles. The molecule has 0 spiro atoms. The fourth-order valence-corrected chi connectivity index (χ4v) is 10.0. The lowest BCUT2D eigenvalue weighted by Crippen LogP contribution is -2.26. The molecule has 258 valence electrons. The van der Waals surface area contributed by atoms with Crippen molar-refractivity contribution in [3.63, 3.8) is 0 Å². The third-order valence-electron chi connectivity index (χ3n) is 10.1. The molecule has 3 aromatic heterocycles. The zero-order valence-corrected chi connectivity index (χ0v) is 31.4. The molecule has 0 N–H and O–H groups in total. The normalized spacial score (nSPS) is 16.8. The highest BCUT2D eigenvalue weighted by Crippen LogP contribution is 2.53. The molecule has 3 aromatic carbocycles. The third kappa shape index (κ3) is 6.83. The van der Waals surface area contributed by atoms with Gasteiger partial charge in [-0.25, -0.2) is 14.8 Å². The molecule has 8 rings (SSSR count). The molecule has 1 aliphatic heterocycles. The summed E-state index contributed by atoms with van der Waals surface area (Å²) in [7, 11) is 0. The molecule has 0 radical (unpaired) electrons. The maximum absolute atomic E-state index is 7.23. The highest BCUT2D eigenvalue weighted by molar-refractivity contribution is 7.18. The molecular formula is C41H40N6OS3. The average molecular weight is 729 g/mol. The Labute approximate surface area is 311 Å². The lowest BCUT2D eigenvalue weighted by molar-refractivity contribution is 0.304. The van der Waals surface area contributed by atoms with E-state index in [4.69, 9.17) is 20.7 Å². The molecule has 10 heteroatoms. The zero-order valence-electron chi connectivity index (χ0n) is 29.0. The van der Waals surface area contributed by atoms with Crippen LogP contribution in [0.1, 0.15) is 88.0 Å². The summed E-state index contributed by atoms with van der Waals surface area (Å²) in [6, 6.07) is 20.4. The predicted molar refractivity (Wildman–Crippen MR) is 213 cm³/mol. The number of aromatic nitrogens is 4. The number of hydrogen-bond donors (Lipinski definition) is 0. The summed E-state index contributed by atoms with van der Waals surface area (Å²) in [5.41, 5.74) is 9.51. The fraction of sp³-hybridized carbons (Fsp3) is 0.341. The summed E-state index contributed by atoms with van der Waals surface area (Å²) in [6.45, 7) is 12.1. The average Bonchev–Trinajstić information content (AvgIpc) is 4.00. The van der Waals surface area contributed by atoms with Gasteiger partial charge in [-0.1, -0.05) is 51.5 Å². The molecule has 0 bridgehead atoms. The number of hydrogen-bond acceptors (Lipinski definition) is 9. The van der Waals surface area contributed by atoms with Gasteiger partial charge in [0.05, 0.1) is 29.8 Å². The lowest BCUT2D eigenvalue weighted by Gasteiger charge is -2.27. The number of fused-ring (bicyclic) bond motifs is 4. The molecule has 2 aliphatic rings. The first kappa shape index (κ1) is 33.7. The van der Waals surface area contributed by atoms with Crippen LogP contribution in [0.25, 0.3) is 53.5 Å². The smallest absolute Gasteiger partial charge is 0.164 e. The number of allylic oxidation sites excluding steroid dienone is 1. The highest BCUT2D eigenvalue weighted by atomic mass is 32.1. The van der Waals surface area contributed by atoms with Gasteiger partial charge in [-0.05, 0) is 91.9 Å². The molecule has 6 aromatic rings. The van der Waals surface area contributed by atoms with E-state index < -0.39 is 0 Å². The van der Waals surface area contributed by atoms with Crippen molar-refractivity contribution in [3.8, 4) is 37.3 Å². The summed E-state index contributed by atoms with van der Waals surface area (Å²) < 4.78 is 15.5. The van der Waals surface area contributed by atoms with Crippen molar-refractivity contribution in [1.29, 1.82) is 0 Å². The lowest BCUT2D eigenvalue weighted by atomic mass is 9.96. The van der Waals surface area contributed by atoms with Crippen LogP contribution >= 0.6 is 34.4 Å². The van der Waals surface area contributed by atoms with Crippen LogP contribution in [0.3, 0.4) is 0 Å². The second-order valence-electron chi connectivity index (χ2n) is 13.5. The van der Waals surface area contributed by atoms with Crippen LogP contribution in [0.4, 0.5) is 11.4 Å². The van der Waals surface area contributed by atoms with Crippen molar-refractivity contribution in [1.82, 2.24) is 18.7 Å². The number of ether oxygens (including phenoxy) is 1. The Hall–Kier alpha value is -4.43. The summed E-state index contributed by atoms with van der Waals surface area (Å²) in [4.78, 5) is 17.7. The van der Waals surface area contributed by atoms with Crippen LogP contribution in [0, 0.1) is 6.57 Å². The van der Waals surface area contributed by atoms with Gasteiger partial charge in [0.1, 0.15) is 26.8 Å². The van der Waals surface area contributed by atoms with E-state index in [1.165, 1.54) is 85.6 Å². The monoisotopic (exact) mass is 728 g/mol. The Morgan fingerprint density at radius 1 is 0.902 bits per heavy atom. The molecule has 51 heavy (non-hydrogen) atoms. The van der Waals surface area contributed by atoms with Gasteiger partial charge in [-0.15, -0.1) is 22.7 Å². The largest absolute Gasteiger partial charge is 0.494 e. The van der Waals surface area contributed by atoms with Gasteiger partial charge in [0.15, 0.2) is 5.70 Å². The standard InChI is InChI=1S/C41H40N6OS3/c1-4-5-6-7-8-9-21-48-29-16-14-28(15-17-29)47-35-12-10-11-31(35)34-23-27(13-20-36(34)47)37-25-44-41(50-37)33-19-18-32(38-39(33)46-51-45-38)40-43-24-30(49-40)22-26(2)42-3/h13-20,22-25,31,35H,4-12,21H2,1-2H3/b26-22-. The zero-order chi connectivity index (χ0) is 34.7. The summed E-state index contributed by atoms with van der Waals surface area (Å²) >= 11 is 4.47. The van der Waals surface area contributed by atoms with E-state index in [1.54, 1.807) is 22.7 Å². The van der Waals surface area contributed by atoms with Crippen molar-refractivity contribution in [3.05, 3.63) is 94.5 Å². The third-order valence-corrected chi connectivity index (χ3v) is 12.7. The summed E-state index contributed by atoms with van der Waals surface area (Å²) in [6.07, 6.45) is 17.0. The summed E-state index contributed by atoms with van der Waals surface area (Å²) in [5.74, 6) is 1.50. The van der Waals surface area contributed by atoms with Crippen LogP contribution in [-0.2, 0) is 0 Å². The predicted octanol–water partition coefficient (Wildman–Crippen LogP) is 12.4. The van der Waals surface area contributed by atoms with Gasteiger partial charge in [0.25, 0.3) is 0 Å². The molecule has 2 unspecified atom stereocenters. The Morgan fingerprint density at radius 2 is 1.65 bits per heavy atom. The molecule has 7 nitrogen and oxygen atoms in total. The van der Waals surface area contributed by atoms with E-state index in [0.717, 1.165) is 60.7 Å². The first-order valence-corrected chi connectivity index (χ1v) is 20.4. The maximum atomic E-state index is 7.23. The molecule has 4 heterocycles. The van der Waals surface area contributed by atoms with Crippen molar-refractivity contribution in [2.45, 2.75) is 83.6 Å². The second kappa shape index (κ2) is 15.0. The minimum Gasteiger partial charge on any atom is -0.494 e. The van der Waals surface area contributed by atoms with Crippen molar-refractivity contribution in [2.75, 3.05) is 11.5 Å². The topological polar surface area (TPSA) is 68.4 Å². The number of rotatable bonds is 13. The van der Waals surface area contributed by atoms with Gasteiger partial charge >= 0.3 is 0 Å². The Morgan fingerprint density at radius 3 is 2.43 bits per heavy atom. The number of benzene rings is 3. The molecule has 1 fully saturated rings. The highest BCUT2D eigenvalue weighted by Gasteiger charge is 2.42.